The Hall–Kier alpha value is -1.43. The molecule has 1 aromatic heterocycles. The highest BCUT2D eigenvalue weighted by molar-refractivity contribution is 7.09. The van der Waals surface area contributed by atoms with Crippen molar-refractivity contribution in [3.63, 3.8) is 0 Å². The maximum atomic E-state index is 12.2. The molecule has 0 unspecified atom stereocenters. The summed E-state index contributed by atoms with van der Waals surface area (Å²) in [6.07, 6.45) is 3.37. The van der Waals surface area contributed by atoms with Crippen molar-refractivity contribution in [2.45, 2.75) is 45.1 Å². The van der Waals surface area contributed by atoms with E-state index in [9.17, 15) is 9.59 Å². The molecule has 1 atom stereocenters. The van der Waals surface area contributed by atoms with E-state index in [2.05, 4.69) is 4.98 Å². The SMILES string of the molecule is Cc1ncsc1CCC(=O)N1CCCC[C@@H]1C(=O)O. The molecule has 0 aliphatic carbocycles. The van der Waals surface area contributed by atoms with Gasteiger partial charge in [0.05, 0.1) is 11.2 Å². The smallest absolute Gasteiger partial charge is 0.326 e. The number of aromatic nitrogens is 1. The number of nitrogens with zero attached hydrogens (tertiary/aromatic N) is 2. The fourth-order valence-electron chi connectivity index (χ4n) is 2.42. The standard InChI is InChI=1S/C13H18N2O3S/c1-9-11(19-8-14-9)5-6-12(16)15-7-3-2-4-10(15)13(17)18/h8,10H,2-7H2,1H3,(H,17,18)/t10-/m1/s1. The number of carbonyl (C=O) groups excluding carboxylic acids is 1. The fourth-order valence-corrected chi connectivity index (χ4v) is 3.20. The van der Waals surface area contributed by atoms with Crippen LogP contribution in [-0.2, 0) is 16.0 Å². The van der Waals surface area contributed by atoms with Crippen molar-refractivity contribution in [3.05, 3.63) is 16.1 Å². The van der Waals surface area contributed by atoms with E-state index < -0.39 is 12.0 Å². The Labute approximate surface area is 116 Å². The number of carboxylic acids is 1. The molecule has 1 fully saturated rings. The molecule has 0 aromatic carbocycles. The van der Waals surface area contributed by atoms with E-state index in [1.807, 2.05) is 6.92 Å². The molecule has 2 heterocycles. The average molecular weight is 282 g/mol. The van der Waals surface area contributed by atoms with Crippen LogP contribution >= 0.6 is 11.3 Å². The number of carbonyl (C=O) groups is 2. The van der Waals surface area contributed by atoms with Crippen molar-refractivity contribution in [2.24, 2.45) is 0 Å². The number of amides is 1. The maximum absolute atomic E-state index is 12.2. The van der Waals surface area contributed by atoms with Gasteiger partial charge < -0.3 is 10.0 Å². The van der Waals surface area contributed by atoms with Crippen LogP contribution in [0.4, 0.5) is 0 Å². The van der Waals surface area contributed by atoms with Crippen LogP contribution in [0.25, 0.3) is 0 Å². The van der Waals surface area contributed by atoms with E-state index in [4.69, 9.17) is 5.11 Å². The Morgan fingerprint density at radius 3 is 2.95 bits per heavy atom. The Kier molecular flexibility index (Phi) is 4.52. The molecule has 0 bridgehead atoms. The summed E-state index contributed by atoms with van der Waals surface area (Å²) in [7, 11) is 0. The number of aliphatic carboxylic acids is 1. The second-order valence-corrected chi connectivity index (χ2v) is 5.74. The van der Waals surface area contributed by atoms with Crippen LogP contribution < -0.4 is 0 Å². The molecule has 1 N–H and O–H groups in total. The summed E-state index contributed by atoms with van der Waals surface area (Å²) >= 11 is 1.55. The minimum absolute atomic E-state index is 0.0556. The van der Waals surface area contributed by atoms with Crippen molar-refractivity contribution in [3.8, 4) is 0 Å². The third-order valence-electron chi connectivity index (χ3n) is 3.52. The molecule has 0 saturated carbocycles. The zero-order chi connectivity index (χ0) is 13.8. The fraction of sp³-hybridized carbons (Fsp3) is 0.615. The third kappa shape index (κ3) is 3.32. The highest BCUT2D eigenvalue weighted by atomic mass is 32.1. The number of aryl methyl sites for hydroxylation is 2. The summed E-state index contributed by atoms with van der Waals surface area (Å²) in [5, 5.41) is 9.15. The number of carboxylic acid groups (broad SMARTS) is 1. The summed E-state index contributed by atoms with van der Waals surface area (Å²) in [6, 6.07) is -0.635. The molecule has 2 rings (SSSR count). The molecule has 0 spiro atoms. The van der Waals surface area contributed by atoms with Crippen molar-refractivity contribution < 1.29 is 14.7 Å². The van der Waals surface area contributed by atoms with Gasteiger partial charge in [-0.3, -0.25) is 4.79 Å². The first-order valence-corrected chi connectivity index (χ1v) is 7.39. The minimum Gasteiger partial charge on any atom is -0.480 e. The topological polar surface area (TPSA) is 70.5 Å². The van der Waals surface area contributed by atoms with E-state index in [1.54, 1.807) is 16.8 Å². The first-order chi connectivity index (χ1) is 9.09. The molecule has 19 heavy (non-hydrogen) atoms. The predicted molar refractivity (Wildman–Crippen MR) is 72.2 cm³/mol. The monoisotopic (exact) mass is 282 g/mol. The Morgan fingerprint density at radius 1 is 1.53 bits per heavy atom. The Bertz CT molecular complexity index is 472. The second-order valence-electron chi connectivity index (χ2n) is 4.80. The number of hydrogen-bond donors (Lipinski definition) is 1. The van der Waals surface area contributed by atoms with Crippen LogP contribution in [0.3, 0.4) is 0 Å². The predicted octanol–water partition coefficient (Wildman–Crippen LogP) is 1.85. The van der Waals surface area contributed by atoms with Crippen LogP contribution in [0.5, 0.6) is 0 Å². The summed E-state index contributed by atoms with van der Waals surface area (Å²) in [5.74, 6) is -0.943. The first-order valence-electron chi connectivity index (χ1n) is 6.51. The number of thiazole rings is 1. The van der Waals surface area contributed by atoms with Gasteiger partial charge in [0.2, 0.25) is 5.91 Å². The quantitative estimate of drug-likeness (QED) is 0.915. The molecule has 1 saturated heterocycles. The van der Waals surface area contributed by atoms with Gasteiger partial charge in [-0.2, -0.15) is 0 Å². The zero-order valence-corrected chi connectivity index (χ0v) is 11.8. The first kappa shape index (κ1) is 14.0. The van der Waals surface area contributed by atoms with Crippen molar-refractivity contribution in [1.29, 1.82) is 0 Å². The van der Waals surface area contributed by atoms with Gasteiger partial charge in [-0.05, 0) is 32.6 Å². The number of hydrogen-bond acceptors (Lipinski definition) is 4. The summed E-state index contributed by atoms with van der Waals surface area (Å²) < 4.78 is 0. The number of likely N-dealkylation sites (tertiary alicyclic amines) is 1. The zero-order valence-electron chi connectivity index (χ0n) is 11.0. The highest BCUT2D eigenvalue weighted by Crippen LogP contribution is 2.20. The summed E-state index contributed by atoms with van der Waals surface area (Å²) in [6.45, 7) is 2.49. The van der Waals surface area contributed by atoms with Crippen LogP contribution in [-0.4, -0.2) is 39.5 Å². The van der Waals surface area contributed by atoms with Gasteiger partial charge in [0.25, 0.3) is 0 Å². The molecule has 1 aliphatic heterocycles. The maximum Gasteiger partial charge on any atom is 0.326 e. The molecule has 1 amide bonds. The van der Waals surface area contributed by atoms with Gasteiger partial charge in [-0.25, -0.2) is 9.78 Å². The second kappa shape index (κ2) is 6.14. The average Bonchev–Trinajstić information content (AvgIpc) is 2.81. The lowest BCUT2D eigenvalue weighted by Crippen LogP contribution is -2.48. The molecule has 5 nitrogen and oxygen atoms in total. The molecule has 1 aromatic rings. The lowest BCUT2D eigenvalue weighted by molar-refractivity contribution is -0.152. The third-order valence-corrected chi connectivity index (χ3v) is 4.51. The van der Waals surface area contributed by atoms with Crippen LogP contribution in [0, 0.1) is 6.92 Å². The normalized spacial score (nSPS) is 19.4. The summed E-state index contributed by atoms with van der Waals surface area (Å²) in [4.78, 5) is 30.1. The van der Waals surface area contributed by atoms with Gasteiger partial charge in [0, 0.05) is 17.8 Å². The van der Waals surface area contributed by atoms with Crippen molar-refractivity contribution >= 4 is 23.2 Å². The summed E-state index contributed by atoms with van der Waals surface area (Å²) in [5.41, 5.74) is 2.74. The molecule has 0 radical (unpaired) electrons. The van der Waals surface area contributed by atoms with Crippen molar-refractivity contribution in [1.82, 2.24) is 9.88 Å². The van der Waals surface area contributed by atoms with Gasteiger partial charge in [0.1, 0.15) is 6.04 Å². The van der Waals surface area contributed by atoms with E-state index in [-0.39, 0.29) is 5.91 Å². The molecular weight excluding hydrogens is 264 g/mol. The molecule has 1 aliphatic rings. The lowest BCUT2D eigenvalue weighted by Gasteiger charge is -2.33. The van der Waals surface area contributed by atoms with Gasteiger partial charge in [-0.15, -0.1) is 11.3 Å². The van der Waals surface area contributed by atoms with Gasteiger partial charge in [0.15, 0.2) is 0 Å². The van der Waals surface area contributed by atoms with E-state index >= 15 is 0 Å². The van der Waals surface area contributed by atoms with Crippen molar-refractivity contribution in [2.75, 3.05) is 6.54 Å². The van der Waals surface area contributed by atoms with E-state index in [0.717, 1.165) is 23.4 Å². The molecule has 104 valence electrons. The van der Waals surface area contributed by atoms with Gasteiger partial charge in [-0.1, -0.05) is 0 Å². The Morgan fingerprint density at radius 2 is 2.32 bits per heavy atom. The minimum atomic E-state index is -0.887. The van der Waals surface area contributed by atoms with Gasteiger partial charge >= 0.3 is 5.97 Å². The highest BCUT2D eigenvalue weighted by Gasteiger charge is 2.31. The largest absolute Gasteiger partial charge is 0.480 e. The Balaban J connectivity index is 1.94. The number of rotatable bonds is 4. The molecular formula is C13H18N2O3S. The van der Waals surface area contributed by atoms with Crippen LogP contribution in [0.1, 0.15) is 36.3 Å². The lowest BCUT2D eigenvalue weighted by atomic mass is 10.0. The van der Waals surface area contributed by atoms with E-state index in [1.165, 1.54) is 4.90 Å². The van der Waals surface area contributed by atoms with Crippen LogP contribution in [0.15, 0.2) is 5.51 Å². The molecule has 6 heteroatoms. The van der Waals surface area contributed by atoms with Crippen LogP contribution in [0.2, 0.25) is 0 Å². The van der Waals surface area contributed by atoms with E-state index in [0.29, 0.717) is 25.8 Å². The number of piperidine rings is 1.